The van der Waals surface area contributed by atoms with Gasteiger partial charge in [0.05, 0.1) is 29.7 Å². The number of thiocarbonyl (C=S) groups is 1. The monoisotopic (exact) mass is 299 g/mol. The zero-order chi connectivity index (χ0) is 14.8. The molecule has 0 saturated heterocycles. The number of aromatic nitrogens is 3. The number of aryl methyl sites for hydroxylation is 3. The summed E-state index contributed by atoms with van der Waals surface area (Å²) in [6.45, 7) is 2.46. The fourth-order valence-electron chi connectivity index (χ4n) is 2.48. The van der Waals surface area contributed by atoms with Crippen LogP contribution in [-0.2, 0) is 19.4 Å². The molecule has 5 nitrogen and oxygen atoms in total. The maximum absolute atomic E-state index is 5.82. The Labute approximate surface area is 129 Å². The highest BCUT2D eigenvalue weighted by Crippen LogP contribution is 2.25. The summed E-state index contributed by atoms with van der Waals surface area (Å²) < 4.78 is 0. The van der Waals surface area contributed by atoms with E-state index in [0.717, 1.165) is 47.7 Å². The predicted molar refractivity (Wildman–Crippen MR) is 86.2 cm³/mol. The van der Waals surface area contributed by atoms with Crippen molar-refractivity contribution in [3.8, 4) is 0 Å². The van der Waals surface area contributed by atoms with Crippen LogP contribution in [0.15, 0.2) is 18.5 Å². The molecule has 108 valence electrons. The van der Waals surface area contributed by atoms with E-state index >= 15 is 0 Å². The Kier molecular flexibility index (Phi) is 3.79. The number of pyridine rings is 1. The van der Waals surface area contributed by atoms with Gasteiger partial charge >= 0.3 is 0 Å². The molecule has 0 aromatic carbocycles. The first-order chi connectivity index (χ1) is 10.1. The van der Waals surface area contributed by atoms with Gasteiger partial charge in [-0.15, -0.1) is 0 Å². The van der Waals surface area contributed by atoms with Gasteiger partial charge in [-0.3, -0.25) is 9.97 Å². The predicted octanol–water partition coefficient (Wildman–Crippen LogP) is 1.92. The van der Waals surface area contributed by atoms with Crippen molar-refractivity contribution in [3.05, 3.63) is 46.7 Å². The molecule has 0 fully saturated rings. The standard InChI is InChI=1S/C15H17N5S/c1-9-6-18-11(7-17-9)8-19-15-12(14(16)21)5-10-3-2-4-13(10)20-15/h5-7H,2-4,8H2,1H3,(H2,16,21)(H,19,20). The molecule has 1 aliphatic rings. The van der Waals surface area contributed by atoms with Crippen LogP contribution >= 0.6 is 12.2 Å². The summed E-state index contributed by atoms with van der Waals surface area (Å²) in [5, 5.41) is 3.28. The second-order valence-corrected chi connectivity index (χ2v) is 5.65. The third kappa shape index (κ3) is 3.00. The van der Waals surface area contributed by atoms with Crippen molar-refractivity contribution in [1.29, 1.82) is 0 Å². The lowest BCUT2D eigenvalue weighted by atomic mass is 10.1. The molecule has 2 aromatic rings. The Hall–Kier alpha value is -2.08. The van der Waals surface area contributed by atoms with E-state index in [1.54, 1.807) is 12.4 Å². The number of hydrogen-bond acceptors (Lipinski definition) is 5. The van der Waals surface area contributed by atoms with Gasteiger partial charge < -0.3 is 11.1 Å². The minimum absolute atomic E-state index is 0.370. The Morgan fingerprint density at radius 3 is 2.90 bits per heavy atom. The molecule has 0 atom stereocenters. The molecule has 1 aliphatic carbocycles. The molecule has 0 amide bonds. The maximum Gasteiger partial charge on any atom is 0.136 e. The van der Waals surface area contributed by atoms with E-state index in [-0.39, 0.29) is 0 Å². The SMILES string of the molecule is Cc1cnc(CNc2nc3c(cc2C(N)=S)CCC3)cn1. The molecule has 2 aromatic heterocycles. The van der Waals surface area contributed by atoms with Crippen molar-refractivity contribution in [3.63, 3.8) is 0 Å². The topological polar surface area (TPSA) is 76.7 Å². The smallest absolute Gasteiger partial charge is 0.136 e. The summed E-state index contributed by atoms with van der Waals surface area (Å²) in [4.78, 5) is 13.6. The van der Waals surface area contributed by atoms with E-state index in [2.05, 4.69) is 26.3 Å². The maximum atomic E-state index is 5.82. The molecule has 6 heteroatoms. The van der Waals surface area contributed by atoms with Crippen molar-refractivity contribution >= 4 is 23.0 Å². The molecule has 3 N–H and O–H groups in total. The first-order valence-corrected chi connectivity index (χ1v) is 7.38. The van der Waals surface area contributed by atoms with E-state index in [9.17, 15) is 0 Å². The van der Waals surface area contributed by atoms with Crippen molar-refractivity contribution < 1.29 is 0 Å². The summed E-state index contributed by atoms with van der Waals surface area (Å²) in [5.74, 6) is 0.741. The fraction of sp³-hybridized carbons (Fsp3) is 0.333. The van der Waals surface area contributed by atoms with Crippen LogP contribution in [0.2, 0.25) is 0 Å². The summed E-state index contributed by atoms with van der Waals surface area (Å²) in [7, 11) is 0. The van der Waals surface area contributed by atoms with Crippen molar-refractivity contribution in [2.45, 2.75) is 32.7 Å². The molecular formula is C15H17N5S. The molecule has 0 radical (unpaired) electrons. The Balaban J connectivity index is 1.84. The van der Waals surface area contributed by atoms with E-state index in [1.165, 1.54) is 5.56 Å². The van der Waals surface area contributed by atoms with Crippen molar-refractivity contribution in [2.24, 2.45) is 5.73 Å². The molecule has 0 bridgehead atoms. The Morgan fingerprint density at radius 2 is 2.19 bits per heavy atom. The third-order valence-electron chi connectivity index (χ3n) is 3.59. The second kappa shape index (κ2) is 5.73. The number of anilines is 1. The van der Waals surface area contributed by atoms with Gasteiger partial charge in [0.25, 0.3) is 0 Å². The summed E-state index contributed by atoms with van der Waals surface area (Å²) in [6.07, 6.45) is 6.73. The van der Waals surface area contributed by atoms with Gasteiger partial charge in [0.15, 0.2) is 0 Å². The Morgan fingerprint density at radius 1 is 1.33 bits per heavy atom. The first kappa shape index (κ1) is 13.9. The molecule has 0 aliphatic heterocycles. The largest absolute Gasteiger partial charge is 0.389 e. The Bertz CT molecular complexity index is 681. The summed E-state index contributed by atoms with van der Waals surface area (Å²) in [6, 6.07) is 2.07. The second-order valence-electron chi connectivity index (χ2n) is 5.21. The van der Waals surface area contributed by atoms with Gasteiger partial charge in [-0.05, 0) is 37.8 Å². The lowest BCUT2D eigenvalue weighted by Gasteiger charge is -2.12. The fourth-order valence-corrected chi connectivity index (χ4v) is 2.64. The zero-order valence-corrected chi connectivity index (χ0v) is 12.7. The third-order valence-corrected chi connectivity index (χ3v) is 3.81. The highest BCUT2D eigenvalue weighted by atomic mass is 32.1. The van der Waals surface area contributed by atoms with E-state index in [1.807, 2.05) is 6.92 Å². The van der Waals surface area contributed by atoms with E-state index < -0.39 is 0 Å². The van der Waals surface area contributed by atoms with Gasteiger partial charge in [-0.25, -0.2) is 4.98 Å². The minimum Gasteiger partial charge on any atom is -0.389 e. The van der Waals surface area contributed by atoms with Crippen LogP contribution in [0, 0.1) is 6.92 Å². The van der Waals surface area contributed by atoms with Gasteiger partial charge in [0, 0.05) is 11.9 Å². The summed E-state index contributed by atoms with van der Waals surface area (Å²) >= 11 is 5.14. The van der Waals surface area contributed by atoms with E-state index in [4.69, 9.17) is 18.0 Å². The number of fused-ring (bicyclic) bond motifs is 1. The van der Waals surface area contributed by atoms with Crippen LogP contribution in [0.3, 0.4) is 0 Å². The zero-order valence-electron chi connectivity index (χ0n) is 11.9. The molecule has 3 rings (SSSR count). The number of rotatable bonds is 4. The number of nitrogens with zero attached hydrogens (tertiary/aromatic N) is 3. The van der Waals surface area contributed by atoms with Crippen LogP contribution in [0.25, 0.3) is 0 Å². The molecule has 21 heavy (non-hydrogen) atoms. The lowest BCUT2D eigenvalue weighted by Crippen LogP contribution is -2.16. The molecule has 0 spiro atoms. The molecule has 2 heterocycles. The lowest BCUT2D eigenvalue weighted by molar-refractivity contribution is 0.898. The van der Waals surface area contributed by atoms with Crippen molar-refractivity contribution in [2.75, 3.05) is 5.32 Å². The number of hydrogen-bond donors (Lipinski definition) is 2. The van der Waals surface area contributed by atoms with Crippen LogP contribution in [0.4, 0.5) is 5.82 Å². The van der Waals surface area contributed by atoms with Crippen molar-refractivity contribution in [1.82, 2.24) is 15.0 Å². The minimum atomic E-state index is 0.370. The average Bonchev–Trinajstić information content (AvgIpc) is 2.92. The molecular weight excluding hydrogens is 282 g/mol. The quantitative estimate of drug-likeness (QED) is 0.840. The first-order valence-electron chi connectivity index (χ1n) is 6.97. The highest BCUT2D eigenvalue weighted by molar-refractivity contribution is 7.80. The van der Waals surface area contributed by atoms with Crippen LogP contribution < -0.4 is 11.1 Å². The highest BCUT2D eigenvalue weighted by Gasteiger charge is 2.17. The summed E-state index contributed by atoms with van der Waals surface area (Å²) in [5.41, 5.74) is 10.8. The molecule has 0 saturated carbocycles. The van der Waals surface area contributed by atoms with Gasteiger partial charge in [0.1, 0.15) is 10.8 Å². The van der Waals surface area contributed by atoms with Crippen LogP contribution in [0.1, 0.15) is 34.6 Å². The van der Waals surface area contributed by atoms with Gasteiger partial charge in [-0.1, -0.05) is 12.2 Å². The number of nitrogens with one attached hydrogen (secondary N) is 1. The van der Waals surface area contributed by atoms with Crippen LogP contribution in [-0.4, -0.2) is 19.9 Å². The van der Waals surface area contributed by atoms with E-state index in [0.29, 0.717) is 11.5 Å². The number of nitrogens with two attached hydrogens (primary N) is 1. The average molecular weight is 299 g/mol. The van der Waals surface area contributed by atoms with Gasteiger partial charge in [-0.2, -0.15) is 0 Å². The normalized spacial score (nSPS) is 13.0. The van der Waals surface area contributed by atoms with Gasteiger partial charge in [0.2, 0.25) is 0 Å². The van der Waals surface area contributed by atoms with Crippen LogP contribution in [0.5, 0.6) is 0 Å². The molecule has 0 unspecified atom stereocenters.